The summed E-state index contributed by atoms with van der Waals surface area (Å²) in [5, 5.41) is 27.3. The SMILES string of the molecule is N=C(N)Cc1ncc(C(=O)Oc2ccc(CC(=O)NC(CC(=O)O)C(=O)O)n3ccnc23)cn1. The van der Waals surface area contributed by atoms with Crippen LogP contribution in [-0.2, 0) is 27.2 Å². The average molecular weight is 469 g/mol. The van der Waals surface area contributed by atoms with Crippen LogP contribution in [0.2, 0.25) is 0 Å². The van der Waals surface area contributed by atoms with Gasteiger partial charge in [-0.05, 0) is 12.1 Å². The van der Waals surface area contributed by atoms with Crippen LogP contribution in [-0.4, -0.2) is 65.3 Å². The van der Waals surface area contributed by atoms with Crippen LogP contribution >= 0.6 is 0 Å². The van der Waals surface area contributed by atoms with Gasteiger partial charge in [0.05, 0.1) is 30.7 Å². The van der Waals surface area contributed by atoms with Gasteiger partial charge in [-0.1, -0.05) is 0 Å². The molecule has 14 nitrogen and oxygen atoms in total. The lowest BCUT2D eigenvalue weighted by Gasteiger charge is -2.13. The molecule has 0 aliphatic heterocycles. The Kier molecular flexibility index (Phi) is 7.10. The Hall–Kier alpha value is -4.88. The number of pyridine rings is 1. The molecule has 3 aromatic heterocycles. The highest BCUT2D eigenvalue weighted by atomic mass is 16.5. The zero-order valence-corrected chi connectivity index (χ0v) is 17.5. The maximum absolute atomic E-state index is 12.5. The van der Waals surface area contributed by atoms with E-state index in [2.05, 4.69) is 20.3 Å². The van der Waals surface area contributed by atoms with Crippen molar-refractivity contribution in [1.29, 1.82) is 5.41 Å². The van der Waals surface area contributed by atoms with Crippen molar-refractivity contribution < 1.29 is 34.1 Å². The molecule has 0 aliphatic carbocycles. The monoisotopic (exact) mass is 469 g/mol. The van der Waals surface area contributed by atoms with Gasteiger partial charge in [-0.15, -0.1) is 0 Å². The van der Waals surface area contributed by atoms with E-state index in [9.17, 15) is 19.2 Å². The topological polar surface area (TPSA) is 223 Å². The number of amidine groups is 1. The molecule has 1 atom stereocenters. The second kappa shape index (κ2) is 10.2. The largest absolute Gasteiger partial charge is 0.481 e. The molecule has 0 spiro atoms. The van der Waals surface area contributed by atoms with E-state index in [1.165, 1.54) is 41.3 Å². The van der Waals surface area contributed by atoms with Gasteiger partial charge in [-0.3, -0.25) is 15.0 Å². The standard InChI is InChI=1S/C20H19N7O7/c21-14(22)7-15-24-8-10(9-25-15)20(33)34-13-2-1-11(27-4-3-23-18(13)27)5-16(28)26-12(19(31)32)6-17(29)30/h1-4,8-9,12H,5-7H2,(H3,21,22)(H,26,28)(H,29,30)(H,31,32). The van der Waals surface area contributed by atoms with E-state index in [-0.39, 0.29) is 41.5 Å². The van der Waals surface area contributed by atoms with Gasteiger partial charge < -0.3 is 30.4 Å². The Balaban J connectivity index is 1.74. The second-order valence-electron chi connectivity index (χ2n) is 7.02. The van der Waals surface area contributed by atoms with Crippen LogP contribution in [0.3, 0.4) is 0 Å². The number of esters is 1. The van der Waals surface area contributed by atoms with Crippen molar-refractivity contribution in [1.82, 2.24) is 24.7 Å². The maximum Gasteiger partial charge on any atom is 0.346 e. The predicted molar refractivity (Wildman–Crippen MR) is 113 cm³/mol. The van der Waals surface area contributed by atoms with Crippen molar-refractivity contribution >= 4 is 35.3 Å². The fraction of sp³-hybridized carbons (Fsp3) is 0.200. The summed E-state index contributed by atoms with van der Waals surface area (Å²) in [4.78, 5) is 58.8. The highest BCUT2D eigenvalue weighted by Gasteiger charge is 2.24. The van der Waals surface area contributed by atoms with Gasteiger partial charge in [-0.25, -0.2) is 24.5 Å². The summed E-state index contributed by atoms with van der Waals surface area (Å²) >= 11 is 0. The van der Waals surface area contributed by atoms with Gasteiger partial charge in [0, 0.05) is 30.5 Å². The number of ether oxygens (including phenoxy) is 1. The summed E-state index contributed by atoms with van der Waals surface area (Å²) in [5.74, 6) is -4.07. The molecule has 1 unspecified atom stereocenters. The number of amides is 1. The van der Waals surface area contributed by atoms with Gasteiger partial charge >= 0.3 is 17.9 Å². The zero-order valence-electron chi connectivity index (χ0n) is 17.5. The maximum atomic E-state index is 12.5. The smallest absolute Gasteiger partial charge is 0.346 e. The quantitative estimate of drug-likeness (QED) is 0.143. The van der Waals surface area contributed by atoms with Gasteiger partial charge in [0.2, 0.25) is 5.91 Å². The number of hydrogen-bond acceptors (Lipinski definition) is 9. The number of rotatable bonds is 10. The number of carboxylic acid groups (broad SMARTS) is 2. The molecule has 0 aromatic carbocycles. The molecule has 3 aromatic rings. The highest BCUT2D eigenvalue weighted by Crippen LogP contribution is 2.21. The van der Waals surface area contributed by atoms with Crippen molar-refractivity contribution in [2.24, 2.45) is 5.73 Å². The zero-order chi connectivity index (χ0) is 24.8. The molecule has 34 heavy (non-hydrogen) atoms. The summed E-state index contributed by atoms with van der Waals surface area (Å²) in [6.07, 6.45) is 4.41. The van der Waals surface area contributed by atoms with E-state index in [0.29, 0.717) is 5.69 Å². The van der Waals surface area contributed by atoms with Crippen LogP contribution in [0.5, 0.6) is 5.75 Å². The number of nitrogens with one attached hydrogen (secondary N) is 2. The van der Waals surface area contributed by atoms with Crippen LogP contribution in [0.25, 0.3) is 5.65 Å². The fourth-order valence-electron chi connectivity index (χ4n) is 2.93. The molecular formula is C20H19N7O7. The lowest BCUT2D eigenvalue weighted by molar-refractivity contribution is -0.147. The summed E-state index contributed by atoms with van der Waals surface area (Å²) in [6, 6.07) is 1.32. The third kappa shape index (κ3) is 5.87. The summed E-state index contributed by atoms with van der Waals surface area (Å²) < 4.78 is 6.85. The first kappa shape index (κ1) is 23.8. The number of hydrogen-bond donors (Lipinski definition) is 5. The second-order valence-corrected chi connectivity index (χ2v) is 7.02. The molecule has 0 saturated carbocycles. The molecule has 1 amide bonds. The molecule has 0 radical (unpaired) electrons. The van der Waals surface area contributed by atoms with Gasteiger partial charge in [0.1, 0.15) is 11.9 Å². The first-order chi connectivity index (χ1) is 16.1. The summed E-state index contributed by atoms with van der Waals surface area (Å²) in [7, 11) is 0. The Morgan fingerprint density at radius 3 is 2.44 bits per heavy atom. The molecule has 3 rings (SSSR count). The molecule has 176 valence electrons. The van der Waals surface area contributed by atoms with Crippen LogP contribution in [0, 0.1) is 5.41 Å². The number of carbonyl (C=O) groups excluding carboxylic acids is 2. The third-order valence-electron chi connectivity index (χ3n) is 4.44. The van der Waals surface area contributed by atoms with Crippen molar-refractivity contribution in [2.75, 3.05) is 0 Å². The van der Waals surface area contributed by atoms with Crippen LogP contribution < -0.4 is 15.8 Å². The van der Waals surface area contributed by atoms with Gasteiger partial charge in [-0.2, -0.15) is 0 Å². The predicted octanol–water partition coefficient (Wildman–Crippen LogP) is -0.591. The van der Waals surface area contributed by atoms with Crippen LogP contribution in [0.1, 0.15) is 28.3 Å². The lowest BCUT2D eigenvalue weighted by atomic mass is 10.2. The van der Waals surface area contributed by atoms with Gasteiger partial charge in [0.25, 0.3) is 0 Å². The fourth-order valence-corrected chi connectivity index (χ4v) is 2.93. The van der Waals surface area contributed by atoms with Crippen LogP contribution in [0.15, 0.2) is 36.9 Å². The Bertz CT molecular complexity index is 1270. The van der Waals surface area contributed by atoms with E-state index in [1.807, 2.05) is 0 Å². The number of fused-ring (bicyclic) bond motifs is 1. The molecule has 0 fully saturated rings. The molecule has 0 bridgehead atoms. The number of carboxylic acids is 2. The van der Waals surface area contributed by atoms with Crippen molar-refractivity contribution in [3.63, 3.8) is 0 Å². The van der Waals surface area contributed by atoms with E-state index >= 15 is 0 Å². The number of nitrogens with zero attached hydrogens (tertiary/aromatic N) is 4. The minimum atomic E-state index is -1.58. The molecule has 0 aliphatic rings. The third-order valence-corrected chi connectivity index (χ3v) is 4.44. The minimum Gasteiger partial charge on any atom is -0.481 e. The number of aromatic nitrogens is 4. The first-order valence-electron chi connectivity index (χ1n) is 9.69. The average Bonchev–Trinajstić information content (AvgIpc) is 3.25. The molecule has 6 N–H and O–H groups in total. The lowest BCUT2D eigenvalue weighted by Crippen LogP contribution is -2.43. The molecule has 14 heteroatoms. The highest BCUT2D eigenvalue weighted by molar-refractivity contribution is 5.91. The van der Waals surface area contributed by atoms with E-state index in [0.717, 1.165) is 0 Å². The number of aliphatic carboxylic acids is 2. The number of carbonyl (C=O) groups is 4. The van der Waals surface area contributed by atoms with E-state index in [1.54, 1.807) is 0 Å². The summed E-state index contributed by atoms with van der Waals surface area (Å²) in [6.45, 7) is 0. The molecular weight excluding hydrogens is 450 g/mol. The summed E-state index contributed by atoms with van der Waals surface area (Å²) in [5.41, 5.74) is 5.95. The number of nitrogens with two attached hydrogens (primary N) is 1. The van der Waals surface area contributed by atoms with E-state index < -0.39 is 36.3 Å². The number of imidazole rings is 1. The minimum absolute atomic E-state index is 0.0442. The van der Waals surface area contributed by atoms with Crippen molar-refractivity contribution in [3.05, 3.63) is 54.0 Å². The normalized spacial score (nSPS) is 11.5. The molecule has 0 saturated heterocycles. The van der Waals surface area contributed by atoms with Crippen molar-refractivity contribution in [3.8, 4) is 5.75 Å². The Labute approximate surface area is 190 Å². The Morgan fingerprint density at radius 2 is 1.82 bits per heavy atom. The molecule has 3 heterocycles. The first-order valence-corrected chi connectivity index (χ1v) is 9.69. The van der Waals surface area contributed by atoms with Crippen LogP contribution in [0.4, 0.5) is 0 Å². The Morgan fingerprint density at radius 1 is 1.12 bits per heavy atom. The van der Waals surface area contributed by atoms with E-state index in [4.69, 9.17) is 26.1 Å². The van der Waals surface area contributed by atoms with Crippen molar-refractivity contribution in [2.45, 2.75) is 25.3 Å². The van der Waals surface area contributed by atoms with Gasteiger partial charge in [0.15, 0.2) is 11.4 Å².